The molecular formula is C24H32N4O. The minimum Gasteiger partial charge on any atom is -0.495 e. The molecule has 4 rings (SSSR count). The van der Waals surface area contributed by atoms with E-state index in [4.69, 9.17) is 4.74 Å². The molecule has 0 radical (unpaired) electrons. The quantitative estimate of drug-likeness (QED) is 0.560. The lowest BCUT2D eigenvalue weighted by Gasteiger charge is -2.22. The van der Waals surface area contributed by atoms with Crippen molar-refractivity contribution in [2.75, 3.05) is 45.2 Å². The van der Waals surface area contributed by atoms with Gasteiger partial charge in [0, 0.05) is 38.6 Å². The second-order valence-corrected chi connectivity index (χ2v) is 8.23. The van der Waals surface area contributed by atoms with E-state index in [1.807, 2.05) is 19.2 Å². The Morgan fingerprint density at radius 2 is 1.86 bits per heavy atom. The fourth-order valence-electron chi connectivity index (χ4n) is 4.33. The van der Waals surface area contributed by atoms with E-state index in [0.29, 0.717) is 5.92 Å². The van der Waals surface area contributed by atoms with Crippen LogP contribution >= 0.6 is 0 Å². The van der Waals surface area contributed by atoms with E-state index in [1.54, 1.807) is 7.11 Å². The second-order valence-electron chi connectivity index (χ2n) is 8.23. The van der Waals surface area contributed by atoms with Gasteiger partial charge in [0.05, 0.1) is 12.8 Å². The van der Waals surface area contributed by atoms with E-state index < -0.39 is 0 Å². The Kier molecular flexibility index (Phi) is 5.93. The third-order valence-electron chi connectivity index (χ3n) is 6.33. The molecule has 1 aliphatic heterocycles. The van der Waals surface area contributed by atoms with Crippen LogP contribution in [0.3, 0.4) is 0 Å². The summed E-state index contributed by atoms with van der Waals surface area (Å²) in [4.78, 5) is 6.87. The van der Waals surface area contributed by atoms with Gasteiger partial charge in [-0.15, -0.1) is 0 Å². The number of hydrogen-bond donors (Lipinski definition) is 2. The molecular weight excluding hydrogens is 360 g/mol. The molecule has 0 spiro atoms. The predicted octanol–water partition coefficient (Wildman–Crippen LogP) is 3.42. The third kappa shape index (κ3) is 4.50. The zero-order chi connectivity index (χ0) is 20.1. The summed E-state index contributed by atoms with van der Waals surface area (Å²) in [6, 6.07) is 19.1. The largest absolute Gasteiger partial charge is 0.495 e. The second kappa shape index (κ2) is 8.76. The van der Waals surface area contributed by atoms with Crippen LogP contribution < -0.4 is 20.3 Å². The van der Waals surface area contributed by atoms with Crippen LogP contribution in [0.2, 0.25) is 0 Å². The molecule has 1 unspecified atom stereocenters. The molecule has 1 atom stereocenters. The van der Waals surface area contributed by atoms with E-state index in [1.165, 1.54) is 30.5 Å². The number of methoxy groups -OCH3 is 1. The van der Waals surface area contributed by atoms with Crippen molar-refractivity contribution >= 4 is 11.6 Å². The number of nitrogens with one attached hydrogen (secondary N) is 2. The zero-order valence-electron chi connectivity index (χ0n) is 17.5. The number of aliphatic imine (C=N–C) groups is 1. The van der Waals surface area contributed by atoms with Crippen molar-refractivity contribution in [2.45, 2.75) is 24.7 Å². The summed E-state index contributed by atoms with van der Waals surface area (Å²) < 4.78 is 5.53. The monoisotopic (exact) mass is 392 g/mol. The van der Waals surface area contributed by atoms with Crippen molar-refractivity contribution in [3.63, 3.8) is 0 Å². The standard InChI is InChI=1S/C24H32N4O/c1-25-23(27-18-24(13-14-24)20-8-4-3-5-9-20)26-16-19-12-15-28(17-19)21-10-6-7-11-22(21)29-2/h3-11,19H,12-18H2,1-2H3,(H2,25,26,27). The first kappa shape index (κ1) is 19.6. The molecule has 1 saturated heterocycles. The first-order valence-corrected chi connectivity index (χ1v) is 10.6. The van der Waals surface area contributed by atoms with Crippen LogP contribution in [0, 0.1) is 5.92 Å². The molecule has 2 N–H and O–H groups in total. The van der Waals surface area contributed by atoms with Crippen LogP contribution in [0.1, 0.15) is 24.8 Å². The summed E-state index contributed by atoms with van der Waals surface area (Å²) in [6.45, 7) is 3.98. The van der Waals surface area contributed by atoms with Crippen LogP contribution in [0.4, 0.5) is 5.69 Å². The zero-order valence-corrected chi connectivity index (χ0v) is 17.5. The average Bonchev–Trinajstić information content (AvgIpc) is 3.43. The van der Waals surface area contributed by atoms with Crippen molar-refractivity contribution in [3.05, 3.63) is 60.2 Å². The number of hydrogen-bond acceptors (Lipinski definition) is 3. The first-order chi connectivity index (χ1) is 14.2. The van der Waals surface area contributed by atoms with Crippen LogP contribution in [0.25, 0.3) is 0 Å². The van der Waals surface area contributed by atoms with Gasteiger partial charge in [-0.2, -0.15) is 0 Å². The number of rotatable bonds is 7. The Bertz CT molecular complexity index is 832. The van der Waals surface area contributed by atoms with Crippen LogP contribution in [-0.4, -0.2) is 46.3 Å². The molecule has 0 bridgehead atoms. The smallest absolute Gasteiger partial charge is 0.191 e. The number of ether oxygens (including phenoxy) is 1. The van der Waals surface area contributed by atoms with E-state index in [0.717, 1.165) is 37.9 Å². The molecule has 1 saturated carbocycles. The normalized spacial score (nSPS) is 20.4. The number of anilines is 1. The molecule has 2 fully saturated rings. The fourth-order valence-corrected chi connectivity index (χ4v) is 4.33. The van der Waals surface area contributed by atoms with Gasteiger partial charge in [-0.25, -0.2) is 0 Å². The highest BCUT2D eigenvalue weighted by Gasteiger charge is 2.44. The molecule has 0 aromatic heterocycles. The van der Waals surface area contributed by atoms with E-state index >= 15 is 0 Å². The van der Waals surface area contributed by atoms with Gasteiger partial charge in [-0.05, 0) is 42.9 Å². The molecule has 154 valence electrons. The van der Waals surface area contributed by atoms with Crippen molar-refractivity contribution in [3.8, 4) is 5.75 Å². The summed E-state index contributed by atoms with van der Waals surface area (Å²) in [5.74, 6) is 2.46. The Morgan fingerprint density at radius 3 is 2.59 bits per heavy atom. The van der Waals surface area contributed by atoms with Crippen molar-refractivity contribution in [1.29, 1.82) is 0 Å². The first-order valence-electron chi connectivity index (χ1n) is 10.6. The summed E-state index contributed by atoms with van der Waals surface area (Å²) in [5, 5.41) is 7.11. The van der Waals surface area contributed by atoms with Crippen molar-refractivity contribution in [2.24, 2.45) is 10.9 Å². The molecule has 5 nitrogen and oxygen atoms in total. The number of benzene rings is 2. The molecule has 0 amide bonds. The van der Waals surface area contributed by atoms with Gasteiger partial charge in [0.25, 0.3) is 0 Å². The SMILES string of the molecule is CN=C(NCC1CCN(c2ccccc2OC)C1)NCC1(c2ccccc2)CC1. The topological polar surface area (TPSA) is 48.9 Å². The van der Waals surface area contributed by atoms with Gasteiger partial charge in [0.15, 0.2) is 5.96 Å². The van der Waals surface area contributed by atoms with E-state index in [2.05, 4.69) is 63.0 Å². The van der Waals surface area contributed by atoms with Gasteiger partial charge in [0.1, 0.15) is 5.75 Å². The minimum absolute atomic E-state index is 0.285. The highest BCUT2D eigenvalue weighted by atomic mass is 16.5. The lowest BCUT2D eigenvalue weighted by Crippen LogP contribution is -2.43. The average molecular weight is 393 g/mol. The molecule has 2 aromatic carbocycles. The van der Waals surface area contributed by atoms with Gasteiger partial charge in [-0.1, -0.05) is 42.5 Å². The van der Waals surface area contributed by atoms with Gasteiger partial charge in [0.2, 0.25) is 0 Å². The third-order valence-corrected chi connectivity index (χ3v) is 6.33. The molecule has 2 aromatic rings. The van der Waals surface area contributed by atoms with Crippen molar-refractivity contribution in [1.82, 2.24) is 10.6 Å². The molecule has 1 aliphatic carbocycles. The summed E-state index contributed by atoms with van der Waals surface area (Å²) in [5.41, 5.74) is 2.91. The Morgan fingerprint density at radius 1 is 1.10 bits per heavy atom. The molecule has 1 heterocycles. The van der Waals surface area contributed by atoms with Crippen LogP contribution in [0.5, 0.6) is 5.75 Å². The maximum absolute atomic E-state index is 5.53. The lowest BCUT2D eigenvalue weighted by molar-refractivity contribution is 0.414. The highest BCUT2D eigenvalue weighted by Crippen LogP contribution is 2.47. The minimum atomic E-state index is 0.285. The van der Waals surface area contributed by atoms with Crippen LogP contribution in [-0.2, 0) is 5.41 Å². The number of guanidine groups is 1. The summed E-state index contributed by atoms with van der Waals surface area (Å²) >= 11 is 0. The Hall–Kier alpha value is -2.69. The fraction of sp³-hybridized carbons (Fsp3) is 0.458. The Labute approximate surface area is 174 Å². The predicted molar refractivity (Wildman–Crippen MR) is 120 cm³/mol. The van der Waals surface area contributed by atoms with Crippen molar-refractivity contribution < 1.29 is 4.74 Å². The maximum Gasteiger partial charge on any atom is 0.191 e. The number of nitrogens with zero attached hydrogens (tertiary/aromatic N) is 2. The van der Waals surface area contributed by atoms with E-state index in [-0.39, 0.29) is 5.41 Å². The Balaban J connectivity index is 1.27. The molecule has 29 heavy (non-hydrogen) atoms. The summed E-state index contributed by atoms with van der Waals surface area (Å²) in [6.07, 6.45) is 3.67. The lowest BCUT2D eigenvalue weighted by atomic mass is 9.96. The molecule has 2 aliphatic rings. The van der Waals surface area contributed by atoms with Crippen LogP contribution in [0.15, 0.2) is 59.6 Å². The van der Waals surface area contributed by atoms with Gasteiger partial charge >= 0.3 is 0 Å². The van der Waals surface area contributed by atoms with E-state index in [9.17, 15) is 0 Å². The molecule has 5 heteroatoms. The van der Waals surface area contributed by atoms with Gasteiger partial charge in [-0.3, -0.25) is 4.99 Å². The highest BCUT2D eigenvalue weighted by molar-refractivity contribution is 5.79. The summed E-state index contributed by atoms with van der Waals surface area (Å²) in [7, 11) is 3.60. The maximum atomic E-state index is 5.53. The number of para-hydroxylation sites is 2. The van der Waals surface area contributed by atoms with Gasteiger partial charge < -0.3 is 20.3 Å².